The molecule has 0 amide bonds. The van der Waals surface area contributed by atoms with Gasteiger partial charge in [-0.25, -0.2) is 0 Å². The molecule has 1 aliphatic carbocycles. The molecular formula is C16H22N2O. The number of fused-ring (bicyclic) bond motifs is 1. The number of nitrogen functional groups attached to an aromatic ring is 1. The molecule has 0 aliphatic heterocycles. The predicted octanol–water partition coefficient (Wildman–Crippen LogP) is 4.31. The summed E-state index contributed by atoms with van der Waals surface area (Å²) >= 11 is 0. The van der Waals surface area contributed by atoms with Gasteiger partial charge in [0.25, 0.3) is 0 Å². The summed E-state index contributed by atoms with van der Waals surface area (Å²) < 4.78 is 5.53. The molecule has 3 nitrogen and oxygen atoms in total. The molecule has 19 heavy (non-hydrogen) atoms. The Hall–Kier alpha value is -1.51. The van der Waals surface area contributed by atoms with E-state index < -0.39 is 0 Å². The van der Waals surface area contributed by atoms with Crippen LogP contribution in [0.4, 0.5) is 5.69 Å². The van der Waals surface area contributed by atoms with Crippen LogP contribution in [-0.2, 0) is 6.42 Å². The van der Waals surface area contributed by atoms with Crippen molar-refractivity contribution in [2.24, 2.45) is 5.92 Å². The Balaban J connectivity index is 1.64. The second-order valence-electron chi connectivity index (χ2n) is 5.72. The summed E-state index contributed by atoms with van der Waals surface area (Å²) in [4.78, 5) is 4.28. The SMILES string of the molecule is Nc1cnc2ccoc2c1CCCC1CCCCC1. The zero-order valence-corrected chi connectivity index (χ0v) is 11.4. The largest absolute Gasteiger partial charge is 0.462 e. The number of aromatic nitrogens is 1. The zero-order valence-electron chi connectivity index (χ0n) is 11.4. The van der Waals surface area contributed by atoms with Gasteiger partial charge in [0, 0.05) is 11.6 Å². The number of aryl methyl sites for hydroxylation is 1. The summed E-state index contributed by atoms with van der Waals surface area (Å²) in [6.07, 6.45) is 14.1. The van der Waals surface area contributed by atoms with E-state index in [1.54, 1.807) is 12.5 Å². The molecular weight excluding hydrogens is 236 g/mol. The van der Waals surface area contributed by atoms with Crippen LogP contribution in [0.5, 0.6) is 0 Å². The highest BCUT2D eigenvalue weighted by Crippen LogP contribution is 2.29. The monoisotopic (exact) mass is 258 g/mol. The predicted molar refractivity (Wildman–Crippen MR) is 77.9 cm³/mol. The second kappa shape index (κ2) is 5.64. The third-order valence-electron chi connectivity index (χ3n) is 4.37. The van der Waals surface area contributed by atoms with Crippen molar-refractivity contribution in [2.45, 2.75) is 51.4 Å². The van der Waals surface area contributed by atoms with Gasteiger partial charge in [-0.15, -0.1) is 0 Å². The van der Waals surface area contributed by atoms with Gasteiger partial charge in [0.1, 0.15) is 5.52 Å². The van der Waals surface area contributed by atoms with Crippen molar-refractivity contribution >= 4 is 16.8 Å². The number of furan rings is 1. The van der Waals surface area contributed by atoms with E-state index in [4.69, 9.17) is 10.2 Å². The first-order valence-corrected chi connectivity index (χ1v) is 7.45. The van der Waals surface area contributed by atoms with Gasteiger partial charge in [-0.05, 0) is 18.8 Å². The lowest BCUT2D eigenvalue weighted by molar-refractivity contribution is 0.332. The minimum atomic E-state index is 0.770. The van der Waals surface area contributed by atoms with Gasteiger partial charge >= 0.3 is 0 Å². The lowest BCUT2D eigenvalue weighted by Crippen LogP contribution is -2.06. The second-order valence-corrected chi connectivity index (χ2v) is 5.72. The summed E-state index contributed by atoms with van der Waals surface area (Å²) in [7, 11) is 0. The summed E-state index contributed by atoms with van der Waals surface area (Å²) in [6, 6.07) is 1.90. The van der Waals surface area contributed by atoms with Gasteiger partial charge in [0.2, 0.25) is 0 Å². The zero-order chi connectivity index (χ0) is 13.1. The first-order chi connectivity index (χ1) is 9.34. The summed E-state index contributed by atoms with van der Waals surface area (Å²) in [5.74, 6) is 0.934. The molecule has 1 fully saturated rings. The van der Waals surface area contributed by atoms with Gasteiger partial charge in [-0.3, -0.25) is 4.98 Å². The van der Waals surface area contributed by atoms with Gasteiger partial charge in [0.05, 0.1) is 18.1 Å². The normalized spacial score (nSPS) is 17.1. The molecule has 3 heteroatoms. The smallest absolute Gasteiger partial charge is 0.157 e. The maximum absolute atomic E-state index is 6.04. The van der Waals surface area contributed by atoms with Crippen LogP contribution in [0.1, 0.15) is 50.5 Å². The van der Waals surface area contributed by atoms with E-state index in [2.05, 4.69) is 4.98 Å². The fraction of sp³-hybridized carbons (Fsp3) is 0.562. The van der Waals surface area contributed by atoms with E-state index in [9.17, 15) is 0 Å². The van der Waals surface area contributed by atoms with E-state index in [1.165, 1.54) is 44.9 Å². The topological polar surface area (TPSA) is 52.0 Å². The molecule has 1 aliphatic rings. The molecule has 2 heterocycles. The fourth-order valence-corrected chi connectivity index (χ4v) is 3.28. The number of nitrogens with zero attached hydrogens (tertiary/aromatic N) is 1. The quantitative estimate of drug-likeness (QED) is 0.888. The molecule has 2 N–H and O–H groups in total. The van der Waals surface area contributed by atoms with Gasteiger partial charge in [-0.2, -0.15) is 0 Å². The van der Waals surface area contributed by atoms with E-state index in [0.717, 1.165) is 34.7 Å². The minimum Gasteiger partial charge on any atom is -0.462 e. The third kappa shape index (κ3) is 2.75. The highest BCUT2D eigenvalue weighted by atomic mass is 16.3. The van der Waals surface area contributed by atoms with Crippen LogP contribution in [0.25, 0.3) is 11.1 Å². The molecule has 0 bridgehead atoms. The Labute approximate surface area is 114 Å². The average molecular weight is 258 g/mol. The molecule has 0 radical (unpaired) electrons. The molecule has 1 saturated carbocycles. The fourth-order valence-electron chi connectivity index (χ4n) is 3.28. The van der Waals surface area contributed by atoms with Crippen molar-refractivity contribution in [3.05, 3.63) is 24.1 Å². The molecule has 0 aromatic carbocycles. The van der Waals surface area contributed by atoms with Crippen LogP contribution in [0.15, 0.2) is 22.9 Å². The van der Waals surface area contributed by atoms with Crippen molar-refractivity contribution in [3.63, 3.8) is 0 Å². The van der Waals surface area contributed by atoms with Crippen molar-refractivity contribution in [2.75, 3.05) is 5.73 Å². The van der Waals surface area contributed by atoms with Crippen LogP contribution >= 0.6 is 0 Å². The lowest BCUT2D eigenvalue weighted by atomic mass is 9.85. The first-order valence-electron chi connectivity index (χ1n) is 7.45. The minimum absolute atomic E-state index is 0.770. The molecule has 0 spiro atoms. The van der Waals surface area contributed by atoms with Crippen LogP contribution in [-0.4, -0.2) is 4.98 Å². The van der Waals surface area contributed by atoms with Crippen molar-refractivity contribution in [1.29, 1.82) is 0 Å². The highest BCUT2D eigenvalue weighted by molar-refractivity contribution is 5.80. The van der Waals surface area contributed by atoms with Gasteiger partial charge in [-0.1, -0.05) is 38.5 Å². The Bertz CT molecular complexity index is 541. The van der Waals surface area contributed by atoms with E-state index in [1.807, 2.05) is 6.07 Å². The van der Waals surface area contributed by atoms with E-state index >= 15 is 0 Å². The maximum atomic E-state index is 6.04. The number of hydrogen-bond donors (Lipinski definition) is 1. The number of hydrogen-bond acceptors (Lipinski definition) is 3. The first kappa shape index (κ1) is 12.5. The molecule has 0 unspecified atom stereocenters. The number of rotatable bonds is 4. The standard InChI is InChI=1S/C16H22N2O/c17-14-11-18-15-9-10-19-16(15)13(14)8-4-7-12-5-2-1-3-6-12/h9-12H,1-8,17H2. The highest BCUT2D eigenvalue weighted by Gasteiger charge is 2.14. The lowest BCUT2D eigenvalue weighted by Gasteiger charge is -2.21. The molecule has 2 aromatic heterocycles. The summed E-state index contributed by atoms with van der Waals surface area (Å²) in [5, 5.41) is 0. The molecule has 3 rings (SSSR count). The Morgan fingerprint density at radius 2 is 2.11 bits per heavy atom. The maximum Gasteiger partial charge on any atom is 0.157 e. The number of nitrogens with two attached hydrogens (primary N) is 1. The Kier molecular flexibility index (Phi) is 3.72. The van der Waals surface area contributed by atoms with Crippen LogP contribution < -0.4 is 5.73 Å². The van der Waals surface area contributed by atoms with Gasteiger partial charge < -0.3 is 10.2 Å². The third-order valence-corrected chi connectivity index (χ3v) is 4.37. The summed E-state index contributed by atoms with van der Waals surface area (Å²) in [6.45, 7) is 0. The van der Waals surface area contributed by atoms with Crippen LogP contribution in [0, 0.1) is 5.92 Å². The molecule has 0 saturated heterocycles. The van der Waals surface area contributed by atoms with Gasteiger partial charge in [0.15, 0.2) is 5.58 Å². The van der Waals surface area contributed by atoms with Crippen LogP contribution in [0.3, 0.4) is 0 Å². The molecule has 102 valence electrons. The number of anilines is 1. The van der Waals surface area contributed by atoms with E-state index in [-0.39, 0.29) is 0 Å². The van der Waals surface area contributed by atoms with E-state index in [0.29, 0.717) is 0 Å². The molecule has 2 aromatic rings. The molecule has 0 atom stereocenters. The number of pyridine rings is 1. The van der Waals surface area contributed by atoms with Crippen molar-refractivity contribution in [1.82, 2.24) is 4.98 Å². The Morgan fingerprint density at radius 1 is 1.26 bits per heavy atom. The van der Waals surface area contributed by atoms with Crippen LogP contribution in [0.2, 0.25) is 0 Å². The summed E-state index contributed by atoms with van der Waals surface area (Å²) in [5.41, 5.74) is 9.75. The Morgan fingerprint density at radius 3 is 2.95 bits per heavy atom. The van der Waals surface area contributed by atoms with Crippen molar-refractivity contribution < 1.29 is 4.42 Å². The average Bonchev–Trinajstić information content (AvgIpc) is 2.91. The van der Waals surface area contributed by atoms with Crippen molar-refractivity contribution in [3.8, 4) is 0 Å².